The van der Waals surface area contributed by atoms with Gasteiger partial charge in [0.2, 0.25) is 0 Å². The number of hydrogen-bond acceptors (Lipinski definition) is 6. The number of ether oxygens (including phenoxy) is 2. The molecule has 2 aromatic rings. The van der Waals surface area contributed by atoms with E-state index in [1.54, 1.807) is 12.1 Å². The Bertz CT molecular complexity index is 764. The predicted molar refractivity (Wildman–Crippen MR) is 108 cm³/mol. The predicted octanol–water partition coefficient (Wildman–Crippen LogP) is 3.32. The third-order valence-electron chi connectivity index (χ3n) is 4.66. The Hall–Kier alpha value is -2.35. The fourth-order valence-corrected chi connectivity index (χ4v) is 3.17. The molecule has 0 unspecified atom stereocenters. The highest BCUT2D eigenvalue weighted by Gasteiger charge is 2.16. The van der Waals surface area contributed by atoms with Crippen molar-refractivity contribution in [2.45, 2.75) is 0 Å². The second-order valence-corrected chi connectivity index (χ2v) is 7.03. The second-order valence-electron chi connectivity index (χ2n) is 6.59. The third-order valence-corrected chi connectivity index (χ3v) is 4.91. The standard InChI is InChI=1S/C20H24ClN3O4/c21-17-4-6-19(7-5-17)27-14-12-22-8-10-23(11-9-22)13-15-28-20-3-1-2-18(16-20)24(25)26/h1-7,16H,8-15H2. The zero-order chi connectivity index (χ0) is 19.8. The Balaban J connectivity index is 1.30. The molecule has 0 amide bonds. The monoisotopic (exact) mass is 405 g/mol. The van der Waals surface area contributed by atoms with Gasteiger partial charge in [0.05, 0.1) is 11.0 Å². The smallest absolute Gasteiger partial charge is 0.273 e. The van der Waals surface area contributed by atoms with Crippen LogP contribution in [-0.4, -0.2) is 67.2 Å². The van der Waals surface area contributed by atoms with Crippen molar-refractivity contribution in [1.29, 1.82) is 0 Å². The second kappa shape index (κ2) is 10.3. The molecular weight excluding hydrogens is 382 g/mol. The lowest BCUT2D eigenvalue weighted by Gasteiger charge is -2.34. The van der Waals surface area contributed by atoms with Gasteiger partial charge in [0, 0.05) is 50.4 Å². The lowest BCUT2D eigenvalue weighted by atomic mass is 10.3. The molecule has 3 rings (SSSR count). The van der Waals surface area contributed by atoms with Crippen LogP contribution in [0.1, 0.15) is 0 Å². The van der Waals surface area contributed by atoms with Crippen molar-refractivity contribution in [2.75, 3.05) is 52.5 Å². The summed E-state index contributed by atoms with van der Waals surface area (Å²) in [6.07, 6.45) is 0. The summed E-state index contributed by atoms with van der Waals surface area (Å²) < 4.78 is 11.4. The van der Waals surface area contributed by atoms with Gasteiger partial charge in [0.1, 0.15) is 24.7 Å². The first-order valence-corrected chi connectivity index (χ1v) is 9.68. The molecule has 0 spiro atoms. The van der Waals surface area contributed by atoms with Gasteiger partial charge in [0.25, 0.3) is 5.69 Å². The van der Waals surface area contributed by atoms with Crippen molar-refractivity contribution in [3.05, 3.63) is 63.7 Å². The Kier molecular flexibility index (Phi) is 7.47. The van der Waals surface area contributed by atoms with E-state index in [-0.39, 0.29) is 5.69 Å². The quantitative estimate of drug-likeness (QED) is 0.471. The summed E-state index contributed by atoms with van der Waals surface area (Å²) in [6.45, 7) is 6.77. The SMILES string of the molecule is O=[N+]([O-])c1cccc(OCCN2CCN(CCOc3ccc(Cl)cc3)CC2)c1. The number of hydrogen-bond donors (Lipinski definition) is 0. The molecule has 0 aromatic heterocycles. The lowest BCUT2D eigenvalue weighted by Crippen LogP contribution is -2.48. The van der Waals surface area contributed by atoms with Crippen molar-refractivity contribution in [3.8, 4) is 11.5 Å². The van der Waals surface area contributed by atoms with Gasteiger partial charge in [-0.15, -0.1) is 0 Å². The maximum atomic E-state index is 10.8. The zero-order valence-electron chi connectivity index (χ0n) is 15.6. The van der Waals surface area contributed by atoms with E-state index in [1.165, 1.54) is 12.1 Å². The Labute approximate surface area is 169 Å². The molecule has 0 N–H and O–H groups in total. The van der Waals surface area contributed by atoms with Gasteiger partial charge in [-0.2, -0.15) is 0 Å². The number of nitrogens with zero attached hydrogens (tertiary/aromatic N) is 3. The van der Waals surface area contributed by atoms with Gasteiger partial charge in [0.15, 0.2) is 0 Å². The van der Waals surface area contributed by atoms with Crippen molar-refractivity contribution < 1.29 is 14.4 Å². The molecule has 0 atom stereocenters. The molecule has 1 fully saturated rings. The van der Waals surface area contributed by atoms with Crippen molar-refractivity contribution >= 4 is 17.3 Å². The highest BCUT2D eigenvalue weighted by molar-refractivity contribution is 6.30. The molecule has 7 nitrogen and oxygen atoms in total. The summed E-state index contributed by atoms with van der Waals surface area (Å²) in [7, 11) is 0. The molecule has 0 radical (unpaired) electrons. The van der Waals surface area contributed by atoms with Crippen LogP contribution in [0.15, 0.2) is 48.5 Å². The lowest BCUT2D eigenvalue weighted by molar-refractivity contribution is -0.384. The highest BCUT2D eigenvalue weighted by Crippen LogP contribution is 2.19. The minimum Gasteiger partial charge on any atom is -0.492 e. The van der Waals surface area contributed by atoms with Gasteiger partial charge in [-0.25, -0.2) is 0 Å². The maximum absolute atomic E-state index is 10.8. The van der Waals surface area contributed by atoms with Crippen LogP contribution in [0.3, 0.4) is 0 Å². The molecule has 1 saturated heterocycles. The molecule has 150 valence electrons. The van der Waals surface area contributed by atoms with E-state index in [2.05, 4.69) is 9.80 Å². The van der Waals surface area contributed by atoms with Crippen LogP contribution in [-0.2, 0) is 0 Å². The molecule has 2 aromatic carbocycles. The minimum absolute atomic E-state index is 0.0481. The average Bonchev–Trinajstić information content (AvgIpc) is 2.71. The number of non-ortho nitro benzene ring substituents is 1. The number of halogens is 1. The van der Waals surface area contributed by atoms with E-state index >= 15 is 0 Å². The summed E-state index contributed by atoms with van der Waals surface area (Å²) in [5, 5.41) is 11.5. The van der Waals surface area contributed by atoms with Crippen LogP contribution in [0.25, 0.3) is 0 Å². The molecule has 1 aliphatic heterocycles. The maximum Gasteiger partial charge on any atom is 0.273 e. The van der Waals surface area contributed by atoms with Crippen molar-refractivity contribution in [1.82, 2.24) is 9.80 Å². The molecule has 1 heterocycles. The van der Waals surface area contributed by atoms with Gasteiger partial charge >= 0.3 is 0 Å². The Morgan fingerprint density at radius 3 is 2.04 bits per heavy atom. The molecule has 1 aliphatic rings. The van der Waals surface area contributed by atoms with Crippen LogP contribution >= 0.6 is 11.6 Å². The van der Waals surface area contributed by atoms with Crippen LogP contribution in [0, 0.1) is 10.1 Å². The average molecular weight is 406 g/mol. The largest absolute Gasteiger partial charge is 0.492 e. The number of benzene rings is 2. The molecule has 0 aliphatic carbocycles. The molecular formula is C20H24ClN3O4. The number of piperazine rings is 1. The molecule has 28 heavy (non-hydrogen) atoms. The summed E-state index contributed by atoms with van der Waals surface area (Å²) in [6, 6.07) is 13.7. The van der Waals surface area contributed by atoms with Crippen molar-refractivity contribution in [2.24, 2.45) is 0 Å². The van der Waals surface area contributed by atoms with E-state index in [0.29, 0.717) is 24.0 Å². The van der Waals surface area contributed by atoms with Gasteiger partial charge < -0.3 is 9.47 Å². The Morgan fingerprint density at radius 2 is 1.46 bits per heavy atom. The van der Waals surface area contributed by atoms with Crippen LogP contribution < -0.4 is 9.47 Å². The first-order valence-electron chi connectivity index (χ1n) is 9.30. The van der Waals surface area contributed by atoms with E-state index in [9.17, 15) is 10.1 Å². The van der Waals surface area contributed by atoms with E-state index < -0.39 is 4.92 Å². The number of nitro benzene ring substituents is 1. The van der Waals surface area contributed by atoms with Crippen LogP contribution in [0.4, 0.5) is 5.69 Å². The molecule has 0 saturated carbocycles. The summed E-state index contributed by atoms with van der Waals surface area (Å²) in [5.74, 6) is 1.37. The van der Waals surface area contributed by atoms with Gasteiger partial charge in [-0.1, -0.05) is 17.7 Å². The summed E-state index contributed by atoms with van der Waals surface area (Å²) in [5.41, 5.74) is 0.0481. The first kappa shape index (κ1) is 20.4. The van der Waals surface area contributed by atoms with E-state index in [0.717, 1.165) is 45.0 Å². The number of rotatable bonds is 9. The first-order chi connectivity index (χ1) is 13.6. The highest BCUT2D eigenvalue weighted by atomic mass is 35.5. The van der Waals surface area contributed by atoms with Crippen LogP contribution in [0.5, 0.6) is 11.5 Å². The van der Waals surface area contributed by atoms with E-state index in [4.69, 9.17) is 21.1 Å². The van der Waals surface area contributed by atoms with Gasteiger partial charge in [-0.05, 0) is 30.3 Å². The molecule has 8 heteroatoms. The fourth-order valence-electron chi connectivity index (χ4n) is 3.04. The minimum atomic E-state index is -0.414. The van der Waals surface area contributed by atoms with Gasteiger partial charge in [-0.3, -0.25) is 19.9 Å². The Morgan fingerprint density at radius 1 is 0.893 bits per heavy atom. The number of nitro groups is 1. The van der Waals surface area contributed by atoms with Crippen molar-refractivity contribution in [3.63, 3.8) is 0 Å². The van der Waals surface area contributed by atoms with Crippen LogP contribution in [0.2, 0.25) is 5.02 Å². The zero-order valence-corrected chi connectivity index (χ0v) is 16.4. The molecule has 0 bridgehead atoms. The topological polar surface area (TPSA) is 68.1 Å². The fraction of sp³-hybridized carbons (Fsp3) is 0.400. The summed E-state index contributed by atoms with van der Waals surface area (Å²) >= 11 is 5.87. The summed E-state index contributed by atoms with van der Waals surface area (Å²) in [4.78, 5) is 15.1. The van der Waals surface area contributed by atoms with E-state index in [1.807, 2.05) is 24.3 Å². The third kappa shape index (κ3) is 6.37. The normalized spacial score (nSPS) is 15.3.